The fourth-order valence-corrected chi connectivity index (χ4v) is 7.03. The van der Waals surface area contributed by atoms with E-state index in [2.05, 4.69) is 5.32 Å². The second-order valence-electron chi connectivity index (χ2n) is 9.92. The van der Waals surface area contributed by atoms with E-state index in [0.29, 0.717) is 42.0 Å². The molecule has 2 amide bonds. The Labute approximate surface area is 177 Å². The molecule has 6 nitrogen and oxygen atoms in total. The van der Waals surface area contributed by atoms with E-state index in [1.807, 2.05) is 4.90 Å². The Bertz CT molecular complexity index is 844. The molecule has 5 fully saturated rings. The number of carbonyl (C=O) groups is 3. The molecule has 1 unspecified atom stereocenters. The van der Waals surface area contributed by atoms with Crippen molar-refractivity contribution < 1.29 is 19.1 Å². The molecule has 5 aliphatic rings. The number of anilines is 1. The summed E-state index contributed by atoms with van der Waals surface area (Å²) >= 11 is 0. The molecule has 4 aliphatic carbocycles. The number of esters is 1. The zero-order valence-electron chi connectivity index (χ0n) is 17.6. The number of nitrogens with zero attached hydrogens (tertiary/aromatic N) is 1. The van der Waals surface area contributed by atoms with Gasteiger partial charge in [0.1, 0.15) is 6.04 Å². The van der Waals surface area contributed by atoms with Gasteiger partial charge in [0.15, 0.2) is 0 Å². The minimum atomic E-state index is -0.439. The number of rotatable bonds is 4. The van der Waals surface area contributed by atoms with Crippen LogP contribution in [0.4, 0.5) is 5.69 Å². The van der Waals surface area contributed by atoms with Gasteiger partial charge < -0.3 is 15.0 Å². The lowest BCUT2D eigenvalue weighted by Gasteiger charge is -2.56. The SMILES string of the molecule is COC(=O)c1cccc(NC(=O)C2CCCN2C(=O)C23CC4CC(CC(C4)C2)C3)c1. The summed E-state index contributed by atoms with van der Waals surface area (Å²) in [5, 5.41) is 2.92. The molecule has 4 bridgehead atoms. The molecule has 6 heteroatoms. The maximum absolute atomic E-state index is 13.7. The molecule has 4 saturated carbocycles. The van der Waals surface area contributed by atoms with Crippen molar-refractivity contribution >= 4 is 23.5 Å². The predicted molar refractivity (Wildman–Crippen MR) is 112 cm³/mol. The standard InChI is InChI=1S/C24H30N2O4/c1-30-22(28)18-4-2-5-19(11-18)25-21(27)20-6-3-7-26(20)23(29)24-12-15-8-16(13-24)10-17(9-15)14-24/h2,4-5,11,15-17,20H,3,6-10,12-14H2,1H3,(H,25,27). The van der Waals surface area contributed by atoms with Crippen LogP contribution >= 0.6 is 0 Å². The molecule has 0 radical (unpaired) electrons. The van der Waals surface area contributed by atoms with Crippen molar-refractivity contribution in [3.05, 3.63) is 29.8 Å². The minimum absolute atomic E-state index is 0.160. The molecule has 1 aliphatic heterocycles. The summed E-state index contributed by atoms with van der Waals surface area (Å²) in [4.78, 5) is 40.5. The Balaban J connectivity index is 1.31. The first-order chi connectivity index (χ1) is 14.5. The fourth-order valence-electron chi connectivity index (χ4n) is 7.03. The van der Waals surface area contributed by atoms with Crippen LogP contribution in [-0.4, -0.2) is 42.4 Å². The number of methoxy groups -OCH3 is 1. The molecule has 1 aromatic carbocycles. The third kappa shape index (κ3) is 3.30. The van der Waals surface area contributed by atoms with Crippen molar-refractivity contribution in [1.29, 1.82) is 0 Å². The first-order valence-corrected chi connectivity index (χ1v) is 11.3. The average Bonchev–Trinajstić information content (AvgIpc) is 3.21. The molecular formula is C24H30N2O4. The topological polar surface area (TPSA) is 75.7 Å². The Morgan fingerprint density at radius 1 is 1.07 bits per heavy atom. The van der Waals surface area contributed by atoms with Gasteiger partial charge in [-0.25, -0.2) is 4.79 Å². The van der Waals surface area contributed by atoms with Crippen LogP contribution < -0.4 is 5.32 Å². The third-order valence-corrected chi connectivity index (χ3v) is 7.86. The Morgan fingerprint density at radius 3 is 2.37 bits per heavy atom. The van der Waals surface area contributed by atoms with Crippen molar-refractivity contribution in [2.75, 3.05) is 19.0 Å². The largest absolute Gasteiger partial charge is 0.465 e. The van der Waals surface area contributed by atoms with Gasteiger partial charge in [0, 0.05) is 12.2 Å². The molecule has 0 aromatic heterocycles. The summed E-state index contributed by atoms with van der Waals surface area (Å²) < 4.78 is 4.76. The van der Waals surface area contributed by atoms with Crippen molar-refractivity contribution in [2.45, 2.75) is 57.4 Å². The van der Waals surface area contributed by atoms with E-state index >= 15 is 0 Å². The number of hydrogen-bond donors (Lipinski definition) is 1. The van der Waals surface area contributed by atoms with Gasteiger partial charge in [0.05, 0.1) is 18.1 Å². The summed E-state index contributed by atoms with van der Waals surface area (Å²) in [6.45, 7) is 0.668. The highest BCUT2D eigenvalue weighted by Crippen LogP contribution is 2.60. The van der Waals surface area contributed by atoms with E-state index < -0.39 is 12.0 Å². The normalized spacial score (nSPS) is 34.1. The minimum Gasteiger partial charge on any atom is -0.465 e. The Morgan fingerprint density at radius 2 is 1.73 bits per heavy atom. The lowest BCUT2D eigenvalue weighted by Crippen LogP contribution is -2.56. The van der Waals surface area contributed by atoms with Crippen LogP contribution in [0.1, 0.15) is 61.7 Å². The molecule has 160 valence electrons. The molecule has 1 N–H and O–H groups in total. The number of amides is 2. The van der Waals surface area contributed by atoms with E-state index in [1.54, 1.807) is 24.3 Å². The van der Waals surface area contributed by atoms with Crippen LogP contribution in [0.5, 0.6) is 0 Å². The van der Waals surface area contributed by atoms with Crippen molar-refractivity contribution in [3.63, 3.8) is 0 Å². The van der Waals surface area contributed by atoms with Gasteiger partial charge >= 0.3 is 5.97 Å². The fraction of sp³-hybridized carbons (Fsp3) is 0.625. The van der Waals surface area contributed by atoms with E-state index in [4.69, 9.17) is 4.74 Å². The average molecular weight is 411 g/mol. The number of likely N-dealkylation sites (tertiary alicyclic amines) is 1. The van der Waals surface area contributed by atoms with Gasteiger partial charge in [-0.15, -0.1) is 0 Å². The van der Waals surface area contributed by atoms with E-state index in [-0.39, 0.29) is 17.2 Å². The zero-order chi connectivity index (χ0) is 20.9. The van der Waals surface area contributed by atoms with Crippen LogP contribution in [-0.2, 0) is 14.3 Å². The summed E-state index contributed by atoms with van der Waals surface area (Å²) in [5.74, 6) is 1.74. The van der Waals surface area contributed by atoms with Gasteiger partial charge in [-0.2, -0.15) is 0 Å². The van der Waals surface area contributed by atoms with Crippen LogP contribution in [0.15, 0.2) is 24.3 Å². The highest BCUT2D eigenvalue weighted by Gasteiger charge is 2.56. The molecule has 0 spiro atoms. The summed E-state index contributed by atoms with van der Waals surface area (Å²) in [6, 6.07) is 6.32. The Kier molecular flexibility index (Phi) is 4.83. The van der Waals surface area contributed by atoms with Crippen molar-refractivity contribution in [1.82, 2.24) is 4.90 Å². The quantitative estimate of drug-likeness (QED) is 0.770. The summed E-state index contributed by atoms with van der Waals surface area (Å²) in [6.07, 6.45) is 8.50. The van der Waals surface area contributed by atoms with Gasteiger partial charge in [-0.05, 0) is 87.3 Å². The maximum atomic E-state index is 13.7. The number of nitrogens with one attached hydrogen (secondary N) is 1. The maximum Gasteiger partial charge on any atom is 0.337 e. The summed E-state index contributed by atoms with van der Waals surface area (Å²) in [5.41, 5.74) is 0.725. The first kappa shape index (κ1) is 19.6. The van der Waals surface area contributed by atoms with Crippen LogP contribution in [0.25, 0.3) is 0 Å². The second kappa shape index (κ2) is 7.40. The summed E-state index contributed by atoms with van der Waals surface area (Å²) in [7, 11) is 1.33. The molecule has 6 rings (SSSR count). The molecule has 1 aromatic rings. The lowest BCUT2D eigenvalue weighted by atomic mass is 9.49. The number of carbonyl (C=O) groups excluding carboxylic acids is 3. The van der Waals surface area contributed by atoms with E-state index in [0.717, 1.165) is 25.7 Å². The second-order valence-corrected chi connectivity index (χ2v) is 9.92. The molecule has 1 saturated heterocycles. The monoisotopic (exact) mass is 410 g/mol. The van der Waals surface area contributed by atoms with Gasteiger partial charge in [-0.3, -0.25) is 9.59 Å². The smallest absolute Gasteiger partial charge is 0.337 e. The van der Waals surface area contributed by atoms with Gasteiger partial charge in [0.25, 0.3) is 0 Å². The van der Waals surface area contributed by atoms with E-state index in [1.165, 1.54) is 26.4 Å². The zero-order valence-corrected chi connectivity index (χ0v) is 17.6. The van der Waals surface area contributed by atoms with Crippen molar-refractivity contribution in [2.24, 2.45) is 23.2 Å². The van der Waals surface area contributed by atoms with Crippen LogP contribution in [0, 0.1) is 23.2 Å². The third-order valence-electron chi connectivity index (χ3n) is 7.86. The lowest BCUT2D eigenvalue weighted by molar-refractivity contribution is -0.160. The predicted octanol–water partition coefficient (Wildman–Crippen LogP) is 3.62. The molecule has 30 heavy (non-hydrogen) atoms. The number of hydrogen-bond acceptors (Lipinski definition) is 4. The molecule has 1 heterocycles. The van der Waals surface area contributed by atoms with Crippen molar-refractivity contribution in [3.8, 4) is 0 Å². The number of benzene rings is 1. The van der Waals surface area contributed by atoms with Crippen LogP contribution in [0.2, 0.25) is 0 Å². The van der Waals surface area contributed by atoms with Gasteiger partial charge in [-0.1, -0.05) is 6.07 Å². The Hall–Kier alpha value is -2.37. The molecule has 1 atom stereocenters. The van der Waals surface area contributed by atoms with Gasteiger partial charge in [0.2, 0.25) is 11.8 Å². The van der Waals surface area contributed by atoms with E-state index in [9.17, 15) is 14.4 Å². The first-order valence-electron chi connectivity index (χ1n) is 11.3. The number of ether oxygens (including phenoxy) is 1. The highest BCUT2D eigenvalue weighted by atomic mass is 16.5. The van der Waals surface area contributed by atoms with Crippen LogP contribution in [0.3, 0.4) is 0 Å². The molecular weight excluding hydrogens is 380 g/mol. The highest BCUT2D eigenvalue weighted by molar-refractivity contribution is 5.99.